The molecule has 0 unspecified atom stereocenters. The van der Waals surface area contributed by atoms with E-state index >= 15 is 0 Å². The van der Waals surface area contributed by atoms with Crippen LogP contribution < -0.4 is 10.1 Å². The molecule has 1 aromatic heterocycles. The van der Waals surface area contributed by atoms with Crippen molar-refractivity contribution in [2.75, 3.05) is 5.32 Å². The second-order valence-corrected chi connectivity index (χ2v) is 8.49. The first kappa shape index (κ1) is 19.5. The highest BCUT2D eigenvalue weighted by Gasteiger charge is 2.29. The van der Waals surface area contributed by atoms with Gasteiger partial charge in [-0.25, -0.2) is 0 Å². The highest BCUT2D eigenvalue weighted by Crippen LogP contribution is 2.39. The van der Waals surface area contributed by atoms with E-state index in [0.717, 1.165) is 40.8 Å². The van der Waals surface area contributed by atoms with Gasteiger partial charge < -0.3 is 14.6 Å². The lowest BCUT2D eigenvalue weighted by atomic mass is 10.2. The molecule has 1 aliphatic rings. The molecule has 1 heterocycles. The molecule has 4 rings (SSSR count). The molecule has 0 spiro atoms. The smallest absolute Gasteiger partial charge is 0.237 e. The molecule has 0 bridgehead atoms. The maximum absolute atomic E-state index is 12.6. The number of carbonyl (C=O) groups is 1. The number of thioether (sulfide) groups is 1. The van der Waals surface area contributed by atoms with Gasteiger partial charge >= 0.3 is 0 Å². The number of carbonyl (C=O) groups excluding carboxylic acids is 1. The summed E-state index contributed by atoms with van der Waals surface area (Å²) in [5, 5.41) is 11.9. The molecule has 7 heteroatoms. The number of ether oxygens (including phenoxy) is 1. The molecule has 6 nitrogen and oxygen atoms in total. The van der Waals surface area contributed by atoms with E-state index in [-0.39, 0.29) is 11.2 Å². The predicted octanol–water partition coefficient (Wildman–Crippen LogP) is 4.62. The minimum atomic E-state index is -0.273. The molecule has 150 valence electrons. The Balaban J connectivity index is 1.31. The van der Waals surface area contributed by atoms with Crippen molar-refractivity contribution in [2.24, 2.45) is 0 Å². The van der Waals surface area contributed by atoms with Crippen molar-refractivity contribution in [3.05, 3.63) is 66.0 Å². The van der Waals surface area contributed by atoms with Crippen molar-refractivity contribution in [3.8, 4) is 5.75 Å². The standard InChI is InChI=1S/C22H24N4O2S/c1-15(29-22-25-24-16(2)26(22)19-10-11-19)21(27)23-18-8-12-20(13-9-18)28-14-17-6-4-3-5-7-17/h3-9,12-13,15,19H,10-11,14H2,1-2H3,(H,23,27)/t15-/m0/s1. The van der Waals surface area contributed by atoms with Crippen LogP contribution in [0.4, 0.5) is 5.69 Å². The monoisotopic (exact) mass is 408 g/mol. The molecule has 1 amide bonds. The van der Waals surface area contributed by atoms with E-state index in [9.17, 15) is 4.79 Å². The van der Waals surface area contributed by atoms with Crippen LogP contribution >= 0.6 is 11.8 Å². The van der Waals surface area contributed by atoms with E-state index in [2.05, 4.69) is 20.1 Å². The molecule has 1 atom stereocenters. The van der Waals surface area contributed by atoms with Crippen LogP contribution in [0.1, 0.15) is 37.2 Å². The summed E-state index contributed by atoms with van der Waals surface area (Å²) in [5.41, 5.74) is 1.86. The molecule has 1 saturated carbocycles. The fraction of sp³-hybridized carbons (Fsp3) is 0.318. The third-order valence-corrected chi connectivity index (χ3v) is 5.83. The van der Waals surface area contributed by atoms with Gasteiger partial charge in [0, 0.05) is 11.7 Å². The zero-order chi connectivity index (χ0) is 20.2. The van der Waals surface area contributed by atoms with Crippen LogP contribution in [-0.4, -0.2) is 25.9 Å². The van der Waals surface area contributed by atoms with Crippen LogP contribution in [0.25, 0.3) is 0 Å². The summed E-state index contributed by atoms with van der Waals surface area (Å²) < 4.78 is 7.93. The Kier molecular flexibility index (Phi) is 5.85. The molecule has 0 radical (unpaired) electrons. The first-order valence-electron chi connectivity index (χ1n) is 9.76. The molecule has 1 fully saturated rings. The Morgan fingerprint density at radius 2 is 1.90 bits per heavy atom. The molecule has 1 N–H and O–H groups in total. The lowest BCUT2D eigenvalue weighted by molar-refractivity contribution is -0.115. The number of benzene rings is 2. The van der Waals surface area contributed by atoms with E-state index in [4.69, 9.17) is 4.74 Å². The van der Waals surface area contributed by atoms with E-state index in [0.29, 0.717) is 12.6 Å². The lowest BCUT2D eigenvalue weighted by Gasteiger charge is -2.13. The summed E-state index contributed by atoms with van der Waals surface area (Å²) in [7, 11) is 0. The first-order chi connectivity index (χ1) is 14.1. The quantitative estimate of drug-likeness (QED) is 0.551. The first-order valence-corrected chi connectivity index (χ1v) is 10.6. The number of nitrogens with one attached hydrogen (secondary N) is 1. The molecule has 0 aliphatic heterocycles. The van der Waals surface area contributed by atoms with E-state index in [1.807, 2.05) is 68.4 Å². The van der Waals surface area contributed by atoms with E-state index < -0.39 is 0 Å². The Labute approximate surface area is 174 Å². The van der Waals surface area contributed by atoms with Gasteiger partial charge in [0.25, 0.3) is 0 Å². The van der Waals surface area contributed by atoms with Crippen molar-refractivity contribution in [1.29, 1.82) is 0 Å². The minimum Gasteiger partial charge on any atom is -0.489 e. The Hall–Kier alpha value is -2.80. The van der Waals surface area contributed by atoms with Crippen molar-refractivity contribution in [3.63, 3.8) is 0 Å². The number of hydrogen-bond donors (Lipinski definition) is 1. The summed E-state index contributed by atoms with van der Waals surface area (Å²) in [6, 6.07) is 17.9. The SMILES string of the molecule is Cc1nnc(S[C@@H](C)C(=O)Nc2ccc(OCc3ccccc3)cc2)n1C1CC1. The van der Waals surface area contributed by atoms with Gasteiger partial charge in [-0.05, 0) is 56.5 Å². The van der Waals surface area contributed by atoms with Crippen molar-refractivity contribution in [2.45, 2.75) is 49.7 Å². The lowest BCUT2D eigenvalue weighted by Crippen LogP contribution is -2.22. The number of hydrogen-bond acceptors (Lipinski definition) is 5. The van der Waals surface area contributed by atoms with Crippen LogP contribution in [0, 0.1) is 6.92 Å². The topological polar surface area (TPSA) is 69.0 Å². The van der Waals surface area contributed by atoms with Crippen LogP contribution in [-0.2, 0) is 11.4 Å². The average Bonchev–Trinajstić information content (AvgIpc) is 3.51. The van der Waals surface area contributed by atoms with Crippen molar-refractivity contribution >= 4 is 23.4 Å². The van der Waals surface area contributed by atoms with Gasteiger partial charge in [-0.3, -0.25) is 4.79 Å². The number of anilines is 1. The second-order valence-electron chi connectivity index (χ2n) is 7.18. The largest absolute Gasteiger partial charge is 0.489 e. The number of amides is 1. The second kappa shape index (κ2) is 8.69. The Bertz CT molecular complexity index is 968. The van der Waals surface area contributed by atoms with Gasteiger partial charge in [0.1, 0.15) is 18.2 Å². The maximum atomic E-state index is 12.6. The fourth-order valence-electron chi connectivity index (χ4n) is 3.01. The summed E-state index contributed by atoms with van der Waals surface area (Å²) >= 11 is 1.45. The Morgan fingerprint density at radius 3 is 2.59 bits per heavy atom. The summed E-state index contributed by atoms with van der Waals surface area (Å²) in [6.45, 7) is 4.36. The number of nitrogens with zero attached hydrogens (tertiary/aromatic N) is 3. The summed E-state index contributed by atoms with van der Waals surface area (Å²) in [4.78, 5) is 12.6. The van der Waals surface area contributed by atoms with Gasteiger partial charge in [-0.15, -0.1) is 10.2 Å². The van der Waals surface area contributed by atoms with Crippen molar-refractivity contribution < 1.29 is 9.53 Å². The predicted molar refractivity (Wildman–Crippen MR) is 114 cm³/mol. The zero-order valence-corrected chi connectivity index (χ0v) is 17.4. The fourth-order valence-corrected chi connectivity index (χ4v) is 3.98. The molecule has 29 heavy (non-hydrogen) atoms. The number of rotatable bonds is 8. The van der Waals surface area contributed by atoms with Crippen LogP contribution in [0.15, 0.2) is 59.8 Å². The van der Waals surface area contributed by atoms with Crippen LogP contribution in [0.5, 0.6) is 5.75 Å². The zero-order valence-electron chi connectivity index (χ0n) is 16.5. The number of aromatic nitrogens is 3. The normalized spacial score (nSPS) is 14.4. The molecular weight excluding hydrogens is 384 g/mol. The maximum Gasteiger partial charge on any atom is 0.237 e. The van der Waals surface area contributed by atoms with Gasteiger partial charge in [0.15, 0.2) is 5.16 Å². The van der Waals surface area contributed by atoms with Gasteiger partial charge in [0.2, 0.25) is 5.91 Å². The van der Waals surface area contributed by atoms with E-state index in [1.165, 1.54) is 11.8 Å². The molecule has 2 aromatic carbocycles. The Morgan fingerprint density at radius 1 is 1.17 bits per heavy atom. The molecular formula is C22H24N4O2S. The molecule has 0 saturated heterocycles. The number of aryl methyl sites for hydroxylation is 1. The van der Waals surface area contributed by atoms with Gasteiger partial charge in [-0.2, -0.15) is 0 Å². The third-order valence-electron chi connectivity index (χ3n) is 4.77. The van der Waals surface area contributed by atoms with Crippen molar-refractivity contribution in [1.82, 2.24) is 14.8 Å². The highest BCUT2D eigenvalue weighted by atomic mass is 32.2. The molecule has 3 aromatic rings. The third kappa shape index (κ3) is 4.98. The summed E-state index contributed by atoms with van der Waals surface area (Å²) in [6.07, 6.45) is 2.32. The van der Waals surface area contributed by atoms with Crippen LogP contribution in [0.3, 0.4) is 0 Å². The highest BCUT2D eigenvalue weighted by molar-refractivity contribution is 8.00. The molecule has 1 aliphatic carbocycles. The van der Waals surface area contributed by atoms with Gasteiger partial charge in [0.05, 0.1) is 5.25 Å². The van der Waals surface area contributed by atoms with E-state index in [1.54, 1.807) is 0 Å². The van der Waals surface area contributed by atoms with Gasteiger partial charge in [-0.1, -0.05) is 42.1 Å². The minimum absolute atomic E-state index is 0.0593. The van der Waals surface area contributed by atoms with Crippen LogP contribution in [0.2, 0.25) is 0 Å². The average molecular weight is 409 g/mol. The summed E-state index contributed by atoms with van der Waals surface area (Å²) in [5.74, 6) is 1.62.